The fraction of sp³-hybridized carbons (Fsp3) is 0.895. The zero-order chi connectivity index (χ0) is 18.8. The molecule has 26 heavy (non-hydrogen) atoms. The lowest BCUT2D eigenvalue weighted by atomic mass is 10.1. The molecule has 0 aromatic heterocycles. The molecule has 0 aromatic rings. The summed E-state index contributed by atoms with van der Waals surface area (Å²) < 4.78 is 11.0. The number of guanidine groups is 1. The summed E-state index contributed by atoms with van der Waals surface area (Å²) in [4.78, 5) is 20.4. The van der Waals surface area contributed by atoms with E-state index in [2.05, 4.69) is 15.2 Å². The molecule has 1 aliphatic carbocycles. The number of nitrogens with zero attached hydrogens (tertiary/aromatic N) is 3. The Balaban J connectivity index is 1.84. The number of piperidine rings is 1. The lowest BCUT2D eigenvalue weighted by Crippen LogP contribution is -2.49. The number of likely N-dealkylation sites (N-methyl/N-ethyl adjacent to an activating group) is 1. The van der Waals surface area contributed by atoms with Gasteiger partial charge >= 0.3 is 0 Å². The Hall–Kier alpha value is -1.34. The van der Waals surface area contributed by atoms with E-state index in [0.717, 1.165) is 51.5 Å². The Morgan fingerprint density at radius 3 is 2.46 bits per heavy atom. The minimum atomic E-state index is 0.0343. The number of hydrogen-bond donors (Lipinski definition) is 1. The number of aliphatic imine (C=N–C) groups is 1. The molecule has 0 aromatic carbocycles. The van der Waals surface area contributed by atoms with Crippen molar-refractivity contribution >= 4 is 11.9 Å². The van der Waals surface area contributed by atoms with Gasteiger partial charge in [0.1, 0.15) is 6.54 Å². The molecule has 7 nitrogen and oxygen atoms in total. The molecule has 2 rings (SSSR count). The van der Waals surface area contributed by atoms with Gasteiger partial charge in [-0.2, -0.15) is 0 Å². The minimum Gasteiger partial charge on any atom is -0.385 e. The summed E-state index contributed by atoms with van der Waals surface area (Å²) >= 11 is 0. The van der Waals surface area contributed by atoms with E-state index in [1.54, 1.807) is 26.1 Å². The molecule has 1 heterocycles. The average molecular weight is 369 g/mol. The molecule has 1 saturated carbocycles. The third-order valence-electron chi connectivity index (χ3n) is 5.14. The van der Waals surface area contributed by atoms with Crippen LogP contribution in [0.4, 0.5) is 0 Å². The van der Waals surface area contributed by atoms with Crippen molar-refractivity contribution in [2.75, 3.05) is 54.1 Å². The van der Waals surface area contributed by atoms with Crippen molar-refractivity contribution in [3.63, 3.8) is 0 Å². The van der Waals surface area contributed by atoms with Gasteiger partial charge in [-0.25, -0.2) is 4.99 Å². The second-order valence-corrected chi connectivity index (χ2v) is 7.46. The highest BCUT2D eigenvalue weighted by atomic mass is 16.5. The Kier molecular flexibility index (Phi) is 9.18. The van der Waals surface area contributed by atoms with Crippen LogP contribution in [-0.2, 0) is 14.3 Å². The zero-order valence-corrected chi connectivity index (χ0v) is 16.7. The summed E-state index contributed by atoms with van der Waals surface area (Å²) in [6.07, 6.45) is 8.20. The predicted octanol–water partition coefficient (Wildman–Crippen LogP) is 1.48. The van der Waals surface area contributed by atoms with Crippen LogP contribution >= 0.6 is 0 Å². The Morgan fingerprint density at radius 2 is 1.85 bits per heavy atom. The Labute approximate surface area is 158 Å². The van der Waals surface area contributed by atoms with E-state index in [-0.39, 0.29) is 12.5 Å². The van der Waals surface area contributed by atoms with Crippen molar-refractivity contribution in [2.24, 2.45) is 4.99 Å². The van der Waals surface area contributed by atoms with Crippen molar-refractivity contribution in [1.82, 2.24) is 15.1 Å². The van der Waals surface area contributed by atoms with Gasteiger partial charge in [-0.1, -0.05) is 12.8 Å². The van der Waals surface area contributed by atoms with E-state index in [0.29, 0.717) is 12.1 Å². The number of carbonyl (C=O) groups excluding carboxylic acids is 1. The SMILES string of the molecule is COCCCOC1CCN(C(=NCC(=O)N(C)C)NC2CCCC2)CC1. The number of nitrogens with one attached hydrogen (secondary N) is 1. The number of ether oxygens (including phenoxy) is 2. The van der Waals surface area contributed by atoms with Crippen LogP contribution in [0.1, 0.15) is 44.9 Å². The van der Waals surface area contributed by atoms with Crippen LogP contribution in [0.3, 0.4) is 0 Å². The molecule has 0 spiro atoms. The van der Waals surface area contributed by atoms with Gasteiger partial charge in [-0.05, 0) is 32.1 Å². The highest BCUT2D eigenvalue weighted by Gasteiger charge is 2.25. The van der Waals surface area contributed by atoms with Gasteiger partial charge in [-0.3, -0.25) is 4.79 Å². The molecular formula is C19H36N4O3. The van der Waals surface area contributed by atoms with Gasteiger partial charge < -0.3 is 24.6 Å². The lowest BCUT2D eigenvalue weighted by molar-refractivity contribution is -0.127. The lowest BCUT2D eigenvalue weighted by Gasteiger charge is -2.35. The largest absolute Gasteiger partial charge is 0.385 e. The smallest absolute Gasteiger partial charge is 0.243 e. The fourth-order valence-corrected chi connectivity index (χ4v) is 3.46. The second kappa shape index (κ2) is 11.4. The molecule has 7 heteroatoms. The highest BCUT2D eigenvalue weighted by Crippen LogP contribution is 2.19. The van der Waals surface area contributed by atoms with Crippen molar-refractivity contribution in [2.45, 2.75) is 57.1 Å². The molecule has 0 radical (unpaired) electrons. The van der Waals surface area contributed by atoms with E-state index in [9.17, 15) is 4.79 Å². The van der Waals surface area contributed by atoms with Crippen LogP contribution in [0.25, 0.3) is 0 Å². The maximum Gasteiger partial charge on any atom is 0.243 e. The van der Waals surface area contributed by atoms with Crippen LogP contribution in [0, 0.1) is 0 Å². The summed E-state index contributed by atoms with van der Waals surface area (Å²) in [7, 11) is 5.26. The predicted molar refractivity (Wildman–Crippen MR) is 103 cm³/mol. The van der Waals surface area contributed by atoms with Crippen LogP contribution in [-0.4, -0.2) is 87.9 Å². The van der Waals surface area contributed by atoms with Crippen LogP contribution in [0.2, 0.25) is 0 Å². The van der Waals surface area contributed by atoms with Crippen molar-refractivity contribution in [3.05, 3.63) is 0 Å². The van der Waals surface area contributed by atoms with Crippen molar-refractivity contribution < 1.29 is 14.3 Å². The molecular weight excluding hydrogens is 332 g/mol. The maximum atomic E-state index is 11.9. The van der Waals surface area contributed by atoms with Gasteiger partial charge in [0, 0.05) is 53.6 Å². The minimum absolute atomic E-state index is 0.0343. The van der Waals surface area contributed by atoms with Crippen LogP contribution in [0.5, 0.6) is 0 Å². The molecule has 0 bridgehead atoms. The fourth-order valence-electron chi connectivity index (χ4n) is 3.46. The first kappa shape index (κ1) is 21.0. The second-order valence-electron chi connectivity index (χ2n) is 7.46. The molecule has 2 fully saturated rings. The number of amides is 1. The van der Waals surface area contributed by atoms with Gasteiger partial charge in [-0.15, -0.1) is 0 Å². The van der Waals surface area contributed by atoms with E-state index in [1.165, 1.54) is 25.7 Å². The summed E-state index contributed by atoms with van der Waals surface area (Å²) in [5, 5.41) is 3.60. The number of likely N-dealkylation sites (tertiary alicyclic amines) is 1. The van der Waals surface area contributed by atoms with E-state index in [4.69, 9.17) is 9.47 Å². The standard InChI is InChI=1S/C19H36N4O3/c1-22(2)18(24)15-20-19(21-16-7-4-5-8-16)23-11-9-17(10-12-23)26-14-6-13-25-3/h16-17H,4-15H2,1-3H3,(H,20,21). The van der Waals surface area contributed by atoms with Crippen LogP contribution < -0.4 is 5.32 Å². The summed E-state index contributed by atoms with van der Waals surface area (Å²) in [6, 6.07) is 0.492. The summed E-state index contributed by atoms with van der Waals surface area (Å²) in [6.45, 7) is 3.56. The molecule has 0 unspecified atom stereocenters. The van der Waals surface area contributed by atoms with Gasteiger partial charge in [0.15, 0.2) is 5.96 Å². The topological polar surface area (TPSA) is 66.4 Å². The number of hydrogen-bond acceptors (Lipinski definition) is 4. The van der Waals surface area contributed by atoms with Crippen molar-refractivity contribution in [3.8, 4) is 0 Å². The highest BCUT2D eigenvalue weighted by molar-refractivity contribution is 5.85. The Bertz CT molecular complexity index is 442. The molecule has 1 aliphatic heterocycles. The maximum absolute atomic E-state index is 11.9. The van der Waals surface area contributed by atoms with Gasteiger partial charge in [0.2, 0.25) is 5.91 Å². The van der Waals surface area contributed by atoms with Crippen molar-refractivity contribution in [1.29, 1.82) is 0 Å². The summed E-state index contributed by atoms with van der Waals surface area (Å²) in [5.41, 5.74) is 0. The van der Waals surface area contributed by atoms with E-state index in [1.807, 2.05) is 0 Å². The number of methoxy groups -OCH3 is 1. The average Bonchev–Trinajstić information content (AvgIpc) is 3.15. The molecule has 0 atom stereocenters. The third-order valence-corrected chi connectivity index (χ3v) is 5.14. The first-order chi connectivity index (χ1) is 12.6. The normalized spacial score (nSPS) is 19.8. The molecule has 150 valence electrons. The number of rotatable bonds is 8. The first-order valence-corrected chi connectivity index (χ1v) is 9.96. The molecule has 2 aliphatic rings. The van der Waals surface area contributed by atoms with E-state index < -0.39 is 0 Å². The monoisotopic (exact) mass is 368 g/mol. The molecule has 1 saturated heterocycles. The first-order valence-electron chi connectivity index (χ1n) is 9.96. The van der Waals surface area contributed by atoms with Gasteiger partial charge in [0.05, 0.1) is 6.10 Å². The number of carbonyl (C=O) groups is 1. The molecule has 1 N–H and O–H groups in total. The third kappa shape index (κ3) is 7.11. The zero-order valence-electron chi connectivity index (χ0n) is 16.7. The molecule has 1 amide bonds. The Morgan fingerprint density at radius 1 is 1.15 bits per heavy atom. The van der Waals surface area contributed by atoms with Crippen LogP contribution in [0.15, 0.2) is 4.99 Å². The van der Waals surface area contributed by atoms with E-state index >= 15 is 0 Å². The van der Waals surface area contributed by atoms with Gasteiger partial charge in [0.25, 0.3) is 0 Å². The quantitative estimate of drug-likeness (QED) is 0.399. The summed E-state index contributed by atoms with van der Waals surface area (Å²) in [5.74, 6) is 0.928.